The van der Waals surface area contributed by atoms with Crippen LogP contribution in [0.15, 0.2) is 30.3 Å². The summed E-state index contributed by atoms with van der Waals surface area (Å²) in [5.74, 6) is -0.152. The topological polar surface area (TPSA) is 50.4 Å². The summed E-state index contributed by atoms with van der Waals surface area (Å²) in [6.07, 6.45) is 2.22. The van der Waals surface area contributed by atoms with Gasteiger partial charge in [-0.15, -0.1) is 0 Å². The van der Waals surface area contributed by atoms with E-state index >= 15 is 0 Å². The first-order valence-electron chi connectivity index (χ1n) is 8.16. The van der Waals surface area contributed by atoms with Gasteiger partial charge in [0.05, 0.1) is 11.5 Å². The molecular formula is C18H28N2O2. The second-order valence-electron chi connectivity index (χ2n) is 7.00. The molecule has 1 aromatic rings. The zero-order chi connectivity index (χ0) is 16.0. The molecule has 0 aliphatic carbocycles. The van der Waals surface area contributed by atoms with Crippen LogP contribution in [0.25, 0.3) is 0 Å². The highest BCUT2D eigenvalue weighted by Crippen LogP contribution is 2.20. The minimum Gasteiger partial charge on any atom is -0.463 e. The van der Waals surface area contributed by atoms with Crippen LogP contribution in [0.3, 0.4) is 0 Å². The lowest BCUT2D eigenvalue weighted by Gasteiger charge is -2.29. The van der Waals surface area contributed by atoms with Gasteiger partial charge in [0, 0.05) is 6.04 Å². The van der Waals surface area contributed by atoms with Gasteiger partial charge >= 0.3 is 5.97 Å². The van der Waals surface area contributed by atoms with Crippen LogP contribution in [0.2, 0.25) is 0 Å². The third kappa shape index (κ3) is 5.11. The first-order valence-corrected chi connectivity index (χ1v) is 8.16. The van der Waals surface area contributed by atoms with Crippen molar-refractivity contribution in [3.63, 3.8) is 0 Å². The number of carbonyl (C=O) groups is 1. The highest BCUT2D eigenvalue weighted by atomic mass is 16.5. The predicted octanol–water partition coefficient (Wildman–Crippen LogP) is 2.66. The average Bonchev–Trinajstić information content (AvgIpc) is 2.52. The van der Waals surface area contributed by atoms with Gasteiger partial charge in [-0.3, -0.25) is 4.79 Å². The summed E-state index contributed by atoms with van der Waals surface area (Å²) in [6, 6.07) is 10.8. The Morgan fingerprint density at radius 2 is 1.91 bits per heavy atom. The highest BCUT2D eigenvalue weighted by Gasteiger charge is 2.25. The lowest BCUT2D eigenvalue weighted by molar-refractivity contribution is -0.153. The van der Waals surface area contributed by atoms with Crippen LogP contribution in [-0.2, 0) is 9.53 Å². The van der Waals surface area contributed by atoms with E-state index < -0.39 is 5.41 Å². The largest absolute Gasteiger partial charge is 0.463 e. The van der Waals surface area contributed by atoms with Crippen LogP contribution < -0.4 is 10.6 Å². The Labute approximate surface area is 133 Å². The van der Waals surface area contributed by atoms with E-state index in [1.807, 2.05) is 39.0 Å². The molecule has 0 aromatic heterocycles. The molecule has 0 radical (unpaired) electrons. The van der Waals surface area contributed by atoms with Crippen LogP contribution in [0.1, 0.15) is 45.2 Å². The summed E-state index contributed by atoms with van der Waals surface area (Å²) < 4.78 is 5.55. The van der Waals surface area contributed by atoms with E-state index in [2.05, 4.69) is 22.8 Å². The Bertz CT molecular complexity index is 462. The summed E-state index contributed by atoms with van der Waals surface area (Å²) in [5, 5.41) is 7.03. The van der Waals surface area contributed by atoms with Crippen molar-refractivity contribution in [2.24, 2.45) is 5.41 Å². The van der Waals surface area contributed by atoms with Gasteiger partial charge in [-0.2, -0.15) is 0 Å². The van der Waals surface area contributed by atoms with Gasteiger partial charge in [0.25, 0.3) is 0 Å². The van der Waals surface area contributed by atoms with Gasteiger partial charge in [0.1, 0.15) is 6.61 Å². The number of hydrogen-bond donors (Lipinski definition) is 2. The third-order valence-corrected chi connectivity index (χ3v) is 3.97. The summed E-state index contributed by atoms with van der Waals surface area (Å²) in [6.45, 7) is 8.11. The number of nitrogens with one attached hydrogen (secondary N) is 2. The first-order chi connectivity index (χ1) is 10.5. The second kappa shape index (κ2) is 7.75. The van der Waals surface area contributed by atoms with Gasteiger partial charge in [-0.05, 0) is 52.3 Å². The fraction of sp³-hybridized carbons (Fsp3) is 0.611. The van der Waals surface area contributed by atoms with E-state index in [-0.39, 0.29) is 12.0 Å². The maximum absolute atomic E-state index is 12.0. The molecule has 4 heteroatoms. The highest BCUT2D eigenvalue weighted by molar-refractivity contribution is 5.75. The Balaban J connectivity index is 2.00. The molecule has 2 N–H and O–H groups in total. The summed E-state index contributed by atoms with van der Waals surface area (Å²) >= 11 is 0. The van der Waals surface area contributed by atoms with Gasteiger partial charge in [-0.25, -0.2) is 0 Å². The van der Waals surface area contributed by atoms with Gasteiger partial charge in [-0.1, -0.05) is 30.3 Å². The van der Waals surface area contributed by atoms with E-state index in [9.17, 15) is 4.79 Å². The molecule has 1 aliphatic rings. The Morgan fingerprint density at radius 1 is 1.27 bits per heavy atom. The van der Waals surface area contributed by atoms with Crippen molar-refractivity contribution >= 4 is 5.97 Å². The second-order valence-corrected chi connectivity index (χ2v) is 7.00. The predicted molar refractivity (Wildman–Crippen MR) is 88.6 cm³/mol. The molecule has 1 heterocycles. The molecule has 0 saturated carbocycles. The number of piperidine rings is 1. The molecule has 0 amide bonds. The molecule has 1 aromatic carbocycles. The molecule has 122 valence electrons. The molecular weight excluding hydrogens is 276 g/mol. The van der Waals surface area contributed by atoms with Crippen molar-refractivity contribution in [3.05, 3.63) is 35.9 Å². The maximum Gasteiger partial charge on any atom is 0.311 e. The van der Waals surface area contributed by atoms with Gasteiger partial charge < -0.3 is 15.4 Å². The van der Waals surface area contributed by atoms with Crippen molar-refractivity contribution in [1.82, 2.24) is 10.6 Å². The molecule has 0 unspecified atom stereocenters. The minimum absolute atomic E-state index is 0.0515. The smallest absolute Gasteiger partial charge is 0.311 e. The van der Waals surface area contributed by atoms with Crippen LogP contribution in [-0.4, -0.2) is 31.7 Å². The molecule has 22 heavy (non-hydrogen) atoms. The van der Waals surface area contributed by atoms with Crippen LogP contribution >= 0.6 is 0 Å². The Hall–Kier alpha value is -1.39. The number of ether oxygens (including phenoxy) is 1. The van der Waals surface area contributed by atoms with Crippen molar-refractivity contribution in [2.45, 2.75) is 45.7 Å². The fourth-order valence-corrected chi connectivity index (χ4v) is 2.57. The van der Waals surface area contributed by atoms with E-state index in [1.165, 1.54) is 5.56 Å². The Kier molecular flexibility index (Phi) is 5.98. The van der Waals surface area contributed by atoms with Crippen molar-refractivity contribution in [3.8, 4) is 0 Å². The minimum atomic E-state index is -0.462. The van der Waals surface area contributed by atoms with E-state index in [0.29, 0.717) is 12.6 Å². The van der Waals surface area contributed by atoms with E-state index in [0.717, 1.165) is 25.9 Å². The van der Waals surface area contributed by atoms with Crippen LogP contribution in [0, 0.1) is 5.41 Å². The number of carbonyl (C=O) groups excluding carboxylic acids is 1. The average molecular weight is 304 g/mol. The molecule has 1 atom stereocenters. The first kappa shape index (κ1) is 17.0. The summed E-state index contributed by atoms with van der Waals surface area (Å²) in [4.78, 5) is 12.0. The number of rotatable bonds is 5. The van der Waals surface area contributed by atoms with Crippen LogP contribution in [0.5, 0.6) is 0 Å². The van der Waals surface area contributed by atoms with Gasteiger partial charge in [0.15, 0.2) is 0 Å². The van der Waals surface area contributed by atoms with E-state index in [4.69, 9.17) is 4.74 Å². The lowest BCUT2D eigenvalue weighted by Crippen LogP contribution is -2.43. The van der Waals surface area contributed by atoms with Crippen molar-refractivity contribution in [2.75, 3.05) is 19.7 Å². The molecule has 1 saturated heterocycles. The molecule has 0 bridgehead atoms. The molecule has 1 aliphatic heterocycles. The van der Waals surface area contributed by atoms with Crippen molar-refractivity contribution in [1.29, 1.82) is 0 Å². The maximum atomic E-state index is 12.0. The summed E-state index contributed by atoms with van der Waals surface area (Å²) in [5.41, 5.74) is 0.707. The zero-order valence-electron chi connectivity index (χ0n) is 13.9. The molecule has 0 spiro atoms. The van der Waals surface area contributed by atoms with Crippen molar-refractivity contribution < 1.29 is 9.53 Å². The quantitative estimate of drug-likeness (QED) is 0.821. The third-order valence-electron chi connectivity index (χ3n) is 3.97. The van der Waals surface area contributed by atoms with E-state index in [1.54, 1.807) is 0 Å². The zero-order valence-corrected chi connectivity index (χ0v) is 13.9. The molecule has 4 nitrogen and oxygen atoms in total. The number of esters is 1. The normalized spacial score (nSPS) is 18.0. The fourth-order valence-electron chi connectivity index (χ4n) is 2.57. The van der Waals surface area contributed by atoms with Gasteiger partial charge in [0.2, 0.25) is 0 Å². The SMILES string of the molecule is CC(C)(C)C(=O)OC[C@H](NC1CCNCC1)c1ccccc1. The number of benzene rings is 1. The molecule has 2 rings (SSSR count). The summed E-state index contributed by atoms with van der Waals surface area (Å²) in [7, 11) is 0. The Morgan fingerprint density at radius 3 is 2.50 bits per heavy atom. The molecule has 1 fully saturated rings. The standard InChI is InChI=1S/C18H28N2O2/c1-18(2,3)17(21)22-13-16(14-7-5-4-6-8-14)20-15-9-11-19-12-10-15/h4-8,15-16,19-20H,9-13H2,1-3H3/t16-/m0/s1. The van der Waals surface area contributed by atoms with Crippen LogP contribution in [0.4, 0.5) is 0 Å². The number of hydrogen-bond acceptors (Lipinski definition) is 4. The lowest BCUT2D eigenvalue weighted by atomic mass is 9.97. The monoisotopic (exact) mass is 304 g/mol.